The van der Waals surface area contributed by atoms with Gasteiger partial charge in [0.1, 0.15) is 11.8 Å². The lowest BCUT2D eigenvalue weighted by molar-refractivity contribution is -0.880. The van der Waals surface area contributed by atoms with Crippen molar-refractivity contribution in [2.45, 2.75) is 32.7 Å². The normalized spacial score (nSPS) is 18.5. The van der Waals surface area contributed by atoms with Gasteiger partial charge in [0, 0.05) is 18.6 Å². The summed E-state index contributed by atoms with van der Waals surface area (Å²) in [4.78, 5) is 14.0. The number of likely N-dealkylation sites (tertiary alicyclic amines) is 1. The average Bonchev–Trinajstić information content (AvgIpc) is 2.61. The van der Waals surface area contributed by atoms with E-state index in [1.807, 2.05) is 6.92 Å². The summed E-state index contributed by atoms with van der Waals surface area (Å²) in [7, 11) is -1.53. The van der Waals surface area contributed by atoms with Crippen molar-refractivity contribution in [2.75, 3.05) is 37.3 Å². The largest absolute Gasteiger partial charge is 0.494 e. The Kier molecular flexibility index (Phi) is 7.20. The highest BCUT2D eigenvalue weighted by molar-refractivity contribution is 7.92. The molecule has 1 atom stereocenters. The number of nitrogens with zero attached hydrogens (tertiary/aromatic N) is 2. The van der Waals surface area contributed by atoms with Crippen LogP contribution in [0.2, 0.25) is 0 Å². The molecule has 1 fully saturated rings. The number of hydrazone groups is 1. The molecule has 1 saturated heterocycles. The summed E-state index contributed by atoms with van der Waals surface area (Å²) >= 11 is 0. The van der Waals surface area contributed by atoms with Crippen LogP contribution in [0.4, 0.5) is 5.69 Å². The fourth-order valence-corrected chi connectivity index (χ4v) is 4.14. The van der Waals surface area contributed by atoms with Crippen LogP contribution in [0.3, 0.4) is 0 Å². The van der Waals surface area contributed by atoms with Crippen molar-refractivity contribution in [3.05, 3.63) is 24.3 Å². The van der Waals surface area contributed by atoms with Crippen molar-refractivity contribution >= 4 is 27.3 Å². The van der Waals surface area contributed by atoms with Crippen molar-refractivity contribution < 1.29 is 22.8 Å². The van der Waals surface area contributed by atoms with E-state index < -0.39 is 22.0 Å². The number of ether oxygens (including phenoxy) is 1. The lowest BCUT2D eigenvalue weighted by atomic mass is 10.1. The van der Waals surface area contributed by atoms with E-state index in [-0.39, 0.29) is 0 Å². The third kappa shape index (κ3) is 5.93. The maximum atomic E-state index is 12.5. The number of benzene rings is 1. The molecule has 1 aromatic rings. The summed E-state index contributed by atoms with van der Waals surface area (Å²) in [5, 5.41) is 4.20. The van der Waals surface area contributed by atoms with E-state index in [1.165, 1.54) is 4.90 Å². The van der Waals surface area contributed by atoms with Gasteiger partial charge in [0.2, 0.25) is 10.0 Å². The highest BCUT2D eigenvalue weighted by atomic mass is 32.2. The number of carbonyl (C=O) groups is 1. The van der Waals surface area contributed by atoms with E-state index in [4.69, 9.17) is 4.74 Å². The highest BCUT2D eigenvalue weighted by Crippen LogP contribution is 2.24. The van der Waals surface area contributed by atoms with Crippen LogP contribution in [-0.4, -0.2) is 59.1 Å². The number of quaternary nitrogens is 1. The van der Waals surface area contributed by atoms with Gasteiger partial charge >= 0.3 is 0 Å². The van der Waals surface area contributed by atoms with E-state index in [2.05, 4.69) is 17.6 Å². The van der Waals surface area contributed by atoms with Gasteiger partial charge in [0.25, 0.3) is 5.91 Å². The molecule has 0 aliphatic carbocycles. The fraction of sp³-hybridized carbons (Fsp3) is 0.556. The minimum atomic E-state index is -3.66. The Hall–Kier alpha value is -2.13. The van der Waals surface area contributed by atoms with Crippen LogP contribution >= 0.6 is 0 Å². The van der Waals surface area contributed by atoms with Gasteiger partial charge in [-0.05, 0) is 38.1 Å². The Morgan fingerprint density at radius 1 is 1.30 bits per heavy atom. The number of rotatable bonds is 7. The summed E-state index contributed by atoms with van der Waals surface area (Å²) in [6.45, 7) is 5.89. The molecule has 1 heterocycles. The minimum Gasteiger partial charge on any atom is -0.494 e. The van der Waals surface area contributed by atoms with Crippen molar-refractivity contribution in [3.63, 3.8) is 0 Å². The third-order valence-corrected chi connectivity index (χ3v) is 5.74. The van der Waals surface area contributed by atoms with Gasteiger partial charge in [-0.25, -0.2) is 13.8 Å². The molecule has 0 aromatic heterocycles. The average molecular weight is 398 g/mol. The standard InChI is InChI=1S/C18H28N4O4S/c1-5-26-17-8-6-16(7-9-17)22(27(4,24)25)14(2)18(23)20-19-15-10-12-21(3)13-11-15/h6-9,14H,5,10-13H2,1-4H3,(H,20,23)/p+1/t14-/m0/s1. The van der Waals surface area contributed by atoms with Crippen LogP contribution in [0.15, 0.2) is 29.4 Å². The van der Waals surface area contributed by atoms with Crippen molar-refractivity contribution in [2.24, 2.45) is 5.10 Å². The van der Waals surface area contributed by atoms with Crippen molar-refractivity contribution in [3.8, 4) is 5.75 Å². The summed E-state index contributed by atoms with van der Waals surface area (Å²) in [6, 6.07) is 5.69. The molecule has 2 rings (SSSR count). The van der Waals surface area contributed by atoms with Gasteiger partial charge in [-0.1, -0.05) is 0 Å². The molecule has 27 heavy (non-hydrogen) atoms. The molecule has 0 spiro atoms. The smallest absolute Gasteiger partial charge is 0.263 e. The van der Waals surface area contributed by atoms with Crippen LogP contribution in [-0.2, 0) is 14.8 Å². The predicted molar refractivity (Wildman–Crippen MR) is 106 cm³/mol. The molecule has 0 unspecified atom stereocenters. The molecular formula is C18H29N4O4S+. The van der Waals surface area contributed by atoms with E-state index in [1.54, 1.807) is 31.2 Å². The monoisotopic (exact) mass is 397 g/mol. The number of piperidine rings is 1. The number of nitrogens with one attached hydrogen (secondary N) is 2. The number of hydrogen-bond acceptors (Lipinski definition) is 5. The molecule has 1 aliphatic rings. The fourth-order valence-electron chi connectivity index (χ4n) is 2.97. The van der Waals surface area contributed by atoms with Gasteiger partial charge in [0.05, 0.1) is 38.7 Å². The maximum absolute atomic E-state index is 12.5. The first kappa shape index (κ1) is 21.2. The van der Waals surface area contributed by atoms with Crippen molar-refractivity contribution in [1.82, 2.24) is 5.43 Å². The van der Waals surface area contributed by atoms with Crippen LogP contribution in [0.1, 0.15) is 26.7 Å². The summed E-state index contributed by atoms with van der Waals surface area (Å²) in [5.74, 6) is 0.177. The first-order valence-corrected chi connectivity index (χ1v) is 11.0. The molecule has 2 N–H and O–H groups in total. The zero-order chi connectivity index (χ0) is 20.0. The molecule has 0 radical (unpaired) electrons. The number of hydrogen-bond donors (Lipinski definition) is 2. The van der Waals surface area contributed by atoms with Gasteiger partial charge < -0.3 is 9.64 Å². The number of carbonyl (C=O) groups excluding carboxylic acids is 1. The van der Waals surface area contributed by atoms with Crippen LogP contribution < -0.4 is 19.4 Å². The molecule has 1 aliphatic heterocycles. The van der Waals surface area contributed by atoms with E-state index in [0.29, 0.717) is 18.0 Å². The summed E-state index contributed by atoms with van der Waals surface area (Å²) in [6.07, 6.45) is 2.74. The Bertz CT molecular complexity index is 767. The second-order valence-electron chi connectivity index (χ2n) is 6.77. The van der Waals surface area contributed by atoms with E-state index >= 15 is 0 Å². The van der Waals surface area contributed by atoms with Crippen LogP contribution in [0.5, 0.6) is 5.75 Å². The van der Waals surface area contributed by atoms with E-state index in [0.717, 1.165) is 42.2 Å². The maximum Gasteiger partial charge on any atom is 0.263 e. The van der Waals surface area contributed by atoms with Crippen molar-refractivity contribution in [1.29, 1.82) is 0 Å². The number of anilines is 1. The Morgan fingerprint density at radius 2 is 1.89 bits per heavy atom. The molecular weight excluding hydrogens is 368 g/mol. The second kappa shape index (κ2) is 9.18. The summed E-state index contributed by atoms with van der Waals surface area (Å²) < 4.78 is 31.1. The summed E-state index contributed by atoms with van der Waals surface area (Å²) in [5.41, 5.74) is 3.87. The lowest BCUT2D eigenvalue weighted by Crippen LogP contribution is -3.10. The highest BCUT2D eigenvalue weighted by Gasteiger charge is 2.29. The predicted octanol–water partition coefficient (Wildman–Crippen LogP) is 0.0205. The second-order valence-corrected chi connectivity index (χ2v) is 8.63. The molecule has 8 nitrogen and oxygen atoms in total. The number of amides is 1. The van der Waals surface area contributed by atoms with Gasteiger partial charge in [-0.15, -0.1) is 0 Å². The zero-order valence-electron chi connectivity index (χ0n) is 16.4. The molecule has 9 heteroatoms. The SMILES string of the molecule is CCOc1ccc(N([C@@H](C)C(=O)NN=C2CC[NH+](C)CC2)S(C)(=O)=O)cc1. The molecule has 150 valence electrons. The van der Waals surface area contributed by atoms with Crippen LogP contribution in [0, 0.1) is 0 Å². The lowest BCUT2D eigenvalue weighted by Gasteiger charge is -2.28. The zero-order valence-corrected chi connectivity index (χ0v) is 17.2. The topological polar surface area (TPSA) is 92.5 Å². The first-order valence-electron chi connectivity index (χ1n) is 9.11. The molecule has 1 amide bonds. The molecule has 0 bridgehead atoms. The molecule has 0 saturated carbocycles. The number of sulfonamides is 1. The minimum absolute atomic E-state index is 0.402. The molecule has 1 aromatic carbocycles. The Morgan fingerprint density at radius 3 is 2.41 bits per heavy atom. The van der Waals surface area contributed by atoms with Gasteiger partial charge in [-0.3, -0.25) is 9.10 Å². The third-order valence-electron chi connectivity index (χ3n) is 4.50. The quantitative estimate of drug-likeness (QED) is 0.635. The Labute approximate surface area is 161 Å². The van der Waals surface area contributed by atoms with Crippen LogP contribution in [0.25, 0.3) is 0 Å². The first-order chi connectivity index (χ1) is 12.7. The Balaban J connectivity index is 2.13. The van der Waals surface area contributed by atoms with Gasteiger partial charge in [0.15, 0.2) is 0 Å². The van der Waals surface area contributed by atoms with E-state index in [9.17, 15) is 13.2 Å². The van der Waals surface area contributed by atoms with Gasteiger partial charge in [-0.2, -0.15) is 5.10 Å².